The Morgan fingerprint density at radius 3 is 2.67 bits per heavy atom. The second-order valence-electron chi connectivity index (χ2n) is 6.72. The van der Waals surface area contributed by atoms with Gasteiger partial charge in [0.05, 0.1) is 13.7 Å². The lowest BCUT2D eigenvalue weighted by Gasteiger charge is -2.30. The van der Waals surface area contributed by atoms with Crippen LogP contribution in [0.4, 0.5) is 0 Å². The van der Waals surface area contributed by atoms with E-state index >= 15 is 0 Å². The number of carbonyl (C=O) groups is 1. The number of carbonyl (C=O) groups excluding carboxylic acids is 1. The van der Waals surface area contributed by atoms with Crippen LogP contribution in [0.15, 0.2) is 48.5 Å². The number of methoxy groups -OCH3 is 1. The molecule has 2 aromatic rings. The molecule has 0 heterocycles. The van der Waals surface area contributed by atoms with Crippen LogP contribution in [0.25, 0.3) is 0 Å². The first-order chi connectivity index (χ1) is 12.7. The number of rotatable bonds is 7. The van der Waals surface area contributed by atoms with E-state index in [0.717, 1.165) is 37.0 Å². The van der Waals surface area contributed by atoms with Gasteiger partial charge in [0.2, 0.25) is 0 Å². The van der Waals surface area contributed by atoms with E-state index < -0.39 is 6.04 Å². The van der Waals surface area contributed by atoms with Gasteiger partial charge in [0, 0.05) is 6.04 Å². The molecule has 3 rings (SSSR count). The van der Waals surface area contributed by atoms with Gasteiger partial charge in [-0.25, -0.2) is 4.79 Å². The van der Waals surface area contributed by atoms with Gasteiger partial charge < -0.3 is 9.47 Å². The van der Waals surface area contributed by atoms with Crippen molar-refractivity contribution in [3.63, 3.8) is 0 Å². The molecule has 0 bridgehead atoms. The molecule has 1 N–H and O–H groups in total. The van der Waals surface area contributed by atoms with E-state index in [0.29, 0.717) is 6.61 Å². The summed E-state index contributed by atoms with van der Waals surface area (Å²) in [7, 11) is 1.72. The van der Waals surface area contributed by atoms with Gasteiger partial charge in [0.25, 0.3) is 0 Å². The average molecular weight is 390 g/mol. The smallest absolute Gasteiger partial charge is 0.327 e. The highest BCUT2D eigenvalue weighted by atomic mass is 35.5. The average Bonchev–Trinajstić information content (AvgIpc) is 2.70. The Bertz CT molecular complexity index is 736. The fourth-order valence-corrected chi connectivity index (χ4v) is 3.57. The Kier molecular flexibility index (Phi) is 8.14. The summed E-state index contributed by atoms with van der Waals surface area (Å²) >= 11 is 0. The predicted molar refractivity (Wildman–Crippen MR) is 110 cm³/mol. The van der Waals surface area contributed by atoms with Crippen LogP contribution in [0, 0.1) is 0 Å². The van der Waals surface area contributed by atoms with Crippen molar-refractivity contribution in [3.05, 3.63) is 65.2 Å². The van der Waals surface area contributed by atoms with Crippen molar-refractivity contribution in [2.45, 2.75) is 44.7 Å². The highest BCUT2D eigenvalue weighted by Crippen LogP contribution is 2.30. The maximum atomic E-state index is 12.6. The van der Waals surface area contributed by atoms with E-state index in [9.17, 15) is 4.79 Å². The molecule has 2 aromatic carbocycles. The molecule has 1 unspecified atom stereocenters. The Morgan fingerprint density at radius 2 is 1.96 bits per heavy atom. The van der Waals surface area contributed by atoms with Crippen LogP contribution < -0.4 is 10.1 Å². The van der Waals surface area contributed by atoms with E-state index in [1.54, 1.807) is 7.11 Å². The Hall–Kier alpha value is -2.04. The van der Waals surface area contributed by atoms with E-state index in [1.807, 2.05) is 49.4 Å². The molecule has 0 spiro atoms. The molecule has 0 aliphatic heterocycles. The molecule has 0 saturated heterocycles. The van der Waals surface area contributed by atoms with E-state index in [-0.39, 0.29) is 24.4 Å². The number of esters is 1. The molecule has 0 radical (unpaired) electrons. The molecule has 0 aromatic heterocycles. The van der Waals surface area contributed by atoms with Crippen LogP contribution in [-0.2, 0) is 22.4 Å². The van der Waals surface area contributed by atoms with Crippen molar-refractivity contribution < 1.29 is 14.3 Å². The van der Waals surface area contributed by atoms with Crippen LogP contribution >= 0.6 is 12.4 Å². The molecule has 0 saturated carbocycles. The zero-order valence-electron chi connectivity index (χ0n) is 15.9. The molecule has 0 fully saturated rings. The summed E-state index contributed by atoms with van der Waals surface area (Å²) in [6.45, 7) is 2.46. The lowest BCUT2D eigenvalue weighted by atomic mass is 9.87. The molecule has 1 aliphatic carbocycles. The zero-order valence-corrected chi connectivity index (χ0v) is 16.8. The molecule has 146 valence electrons. The van der Waals surface area contributed by atoms with Gasteiger partial charge in [0.1, 0.15) is 11.8 Å². The number of fused-ring (bicyclic) bond motifs is 1. The number of hydrogen-bond acceptors (Lipinski definition) is 4. The Balaban J connectivity index is 0.00000261. The Morgan fingerprint density at radius 1 is 1.19 bits per heavy atom. The monoisotopic (exact) mass is 389 g/mol. The number of ether oxygens (including phenoxy) is 2. The van der Waals surface area contributed by atoms with E-state index in [2.05, 4.69) is 11.4 Å². The fraction of sp³-hybridized carbons (Fsp3) is 0.409. The first-order valence-electron chi connectivity index (χ1n) is 9.35. The quantitative estimate of drug-likeness (QED) is 0.719. The number of halogens is 1. The van der Waals surface area contributed by atoms with Crippen LogP contribution in [0.3, 0.4) is 0 Å². The minimum atomic E-state index is -0.431. The van der Waals surface area contributed by atoms with Gasteiger partial charge in [-0.05, 0) is 48.4 Å². The molecule has 2 atom stereocenters. The largest absolute Gasteiger partial charge is 0.496 e. The van der Waals surface area contributed by atoms with Crippen molar-refractivity contribution >= 4 is 18.4 Å². The Labute approximate surface area is 167 Å². The first kappa shape index (κ1) is 21.3. The second kappa shape index (κ2) is 10.3. The molecule has 27 heavy (non-hydrogen) atoms. The van der Waals surface area contributed by atoms with E-state index in [1.165, 1.54) is 11.1 Å². The predicted octanol–water partition coefficient (Wildman–Crippen LogP) is 4.26. The second-order valence-corrected chi connectivity index (χ2v) is 6.72. The normalized spacial score (nSPS) is 16.6. The summed E-state index contributed by atoms with van der Waals surface area (Å²) in [6, 6.07) is 15.8. The number of hydrogen-bond donors (Lipinski definition) is 1. The molecule has 0 amide bonds. The van der Waals surface area contributed by atoms with Gasteiger partial charge >= 0.3 is 5.97 Å². The van der Waals surface area contributed by atoms with Crippen LogP contribution in [0.1, 0.15) is 42.5 Å². The summed E-state index contributed by atoms with van der Waals surface area (Å²) < 4.78 is 10.9. The number of benzene rings is 2. The standard InChI is InChI=1S/C22H27NO3.ClH/c1-3-14-26-22(24)21(16-8-5-4-6-9-16)23-18-12-13-19-17(15-18)10-7-11-20(19)25-2;/h4-11,18,21,23H,3,12-15H2,1-2H3;1H/t18-,21?;/m0./s1. The SMILES string of the molecule is CCCOC(=O)C(N[C@H]1CCc2c(cccc2OC)C1)c1ccccc1.Cl. The topological polar surface area (TPSA) is 47.6 Å². The van der Waals surface area contributed by atoms with Crippen molar-refractivity contribution in [2.24, 2.45) is 0 Å². The van der Waals surface area contributed by atoms with Crippen molar-refractivity contribution in [3.8, 4) is 5.75 Å². The molecular formula is C22H28ClNO3. The molecule has 4 nitrogen and oxygen atoms in total. The number of nitrogens with one attached hydrogen (secondary N) is 1. The minimum absolute atomic E-state index is 0. The van der Waals surface area contributed by atoms with Gasteiger partial charge in [-0.1, -0.05) is 49.4 Å². The summed E-state index contributed by atoms with van der Waals surface area (Å²) in [5.41, 5.74) is 3.53. The van der Waals surface area contributed by atoms with Crippen LogP contribution in [0.2, 0.25) is 0 Å². The van der Waals surface area contributed by atoms with Crippen molar-refractivity contribution in [2.75, 3.05) is 13.7 Å². The van der Waals surface area contributed by atoms with Gasteiger partial charge in [0.15, 0.2) is 0 Å². The lowest BCUT2D eigenvalue weighted by molar-refractivity contribution is -0.146. The van der Waals surface area contributed by atoms with Gasteiger partial charge in [-0.2, -0.15) is 0 Å². The highest BCUT2D eigenvalue weighted by Gasteiger charge is 2.28. The molecule has 1 aliphatic rings. The molecule has 5 heteroatoms. The van der Waals surface area contributed by atoms with Crippen molar-refractivity contribution in [1.29, 1.82) is 0 Å². The summed E-state index contributed by atoms with van der Waals surface area (Å²) in [5.74, 6) is 0.761. The summed E-state index contributed by atoms with van der Waals surface area (Å²) in [5, 5.41) is 3.54. The van der Waals surface area contributed by atoms with Gasteiger partial charge in [-0.3, -0.25) is 5.32 Å². The van der Waals surface area contributed by atoms with Crippen molar-refractivity contribution in [1.82, 2.24) is 5.32 Å². The maximum Gasteiger partial charge on any atom is 0.327 e. The third-order valence-electron chi connectivity index (χ3n) is 4.88. The van der Waals surface area contributed by atoms with E-state index in [4.69, 9.17) is 9.47 Å². The third-order valence-corrected chi connectivity index (χ3v) is 4.88. The summed E-state index contributed by atoms with van der Waals surface area (Å²) in [4.78, 5) is 12.6. The fourth-order valence-electron chi connectivity index (χ4n) is 3.57. The summed E-state index contributed by atoms with van der Waals surface area (Å²) in [6.07, 6.45) is 3.63. The maximum absolute atomic E-state index is 12.6. The third kappa shape index (κ3) is 5.24. The van der Waals surface area contributed by atoms with Gasteiger partial charge in [-0.15, -0.1) is 12.4 Å². The minimum Gasteiger partial charge on any atom is -0.496 e. The zero-order chi connectivity index (χ0) is 18.4. The van der Waals surface area contributed by atoms with Crippen LogP contribution in [0.5, 0.6) is 5.75 Å². The first-order valence-corrected chi connectivity index (χ1v) is 9.35. The molecular weight excluding hydrogens is 362 g/mol. The highest BCUT2D eigenvalue weighted by molar-refractivity contribution is 5.85. The van der Waals surface area contributed by atoms with Crippen LogP contribution in [-0.4, -0.2) is 25.7 Å². The lowest BCUT2D eigenvalue weighted by Crippen LogP contribution is -2.41.